The van der Waals surface area contributed by atoms with E-state index in [4.69, 9.17) is 8.83 Å². The fourth-order valence-corrected chi connectivity index (χ4v) is 28.4. The van der Waals surface area contributed by atoms with E-state index in [-0.39, 0.29) is 0 Å². The van der Waals surface area contributed by atoms with Gasteiger partial charge in [0.1, 0.15) is 11.2 Å². The fourth-order valence-electron chi connectivity index (χ4n) is 23.1. The molecule has 0 fully saturated rings. The number of thiophene rings is 4. The number of hydrogen-bond donors (Lipinski definition) is 0. The fraction of sp³-hybridized carbons (Fsp3) is 0. The molecule has 0 bridgehead atoms. The second-order valence-corrected chi connectivity index (χ2v) is 42.8. The number of rotatable bonds is 12. The van der Waals surface area contributed by atoms with Crippen LogP contribution >= 0.6 is 45.3 Å². The molecule has 0 aliphatic rings. The van der Waals surface area contributed by atoms with Crippen molar-refractivity contribution in [1.82, 2.24) is 0 Å². The smallest absolute Gasteiger partial charge is 0.159 e. The van der Waals surface area contributed by atoms with Gasteiger partial charge in [-0.05, 0) is 207 Å². The molecular weight excluding hydrogens is 1880 g/mol. The molecule has 26 aromatic carbocycles. The number of anilines is 9. The summed E-state index contributed by atoms with van der Waals surface area (Å²) in [5.41, 5.74) is 20.8. The summed E-state index contributed by atoms with van der Waals surface area (Å²) in [6, 6.07) is 187. The maximum atomic E-state index is 7.06. The molecule has 0 spiro atoms. The summed E-state index contributed by atoms with van der Waals surface area (Å²) < 4.78 is 24.4. The number of hydrogen-bond acceptors (Lipinski definition) is 9. The van der Waals surface area contributed by atoms with Gasteiger partial charge in [-0.1, -0.05) is 413 Å². The average Bonchev–Trinajstić information content (AvgIpc) is 1.59. The summed E-state index contributed by atoms with van der Waals surface area (Å²) in [4.78, 5) is 7.31. The Balaban J connectivity index is 0.000000103. The van der Waals surface area contributed by atoms with Crippen molar-refractivity contribution in [1.29, 1.82) is 0 Å². The minimum Gasteiger partial charge on any atom is -0.453 e. The van der Waals surface area contributed by atoms with Gasteiger partial charge in [-0.15, -0.1) is 45.3 Å². The van der Waals surface area contributed by atoms with Crippen LogP contribution in [0, 0.1) is 0 Å². The van der Waals surface area contributed by atoms with Crippen molar-refractivity contribution in [2.45, 2.75) is 0 Å². The van der Waals surface area contributed by atoms with Gasteiger partial charge in [0.25, 0.3) is 0 Å². The van der Waals surface area contributed by atoms with E-state index >= 15 is 0 Å². The van der Waals surface area contributed by atoms with Gasteiger partial charge < -0.3 is 23.5 Å². The molecule has 0 amide bonds. The lowest BCUT2D eigenvalue weighted by Gasteiger charge is -2.28. The Hall–Kier alpha value is -18.3. The Morgan fingerprint density at radius 1 is 0.134 bits per heavy atom. The van der Waals surface area contributed by atoms with Crippen LogP contribution in [0.5, 0.6) is 0 Å². The molecular formula is C140H85N3O2S4. The van der Waals surface area contributed by atoms with Crippen LogP contribution in [0.2, 0.25) is 0 Å². The molecule has 32 aromatic rings. The van der Waals surface area contributed by atoms with E-state index in [1.54, 1.807) is 0 Å². The lowest BCUT2D eigenvalue weighted by Crippen LogP contribution is -2.11. The van der Waals surface area contributed by atoms with Gasteiger partial charge in [0, 0.05) is 127 Å². The van der Waals surface area contributed by atoms with E-state index in [9.17, 15) is 0 Å². The van der Waals surface area contributed by atoms with Crippen LogP contribution in [-0.4, -0.2) is 0 Å². The van der Waals surface area contributed by atoms with Crippen molar-refractivity contribution in [3.63, 3.8) is 0 Å². The first-order chi connectivity index (χ1) is 73.9. The van der Waals surface area contributed by atoms with E-state index in [1.165, 1.54) is 201 Å². The summed E-state index contributed by atoms with van der Waals surface area (Å²) in [6.45, 7) is 0. The average molecular weight is 1970 g/mol. The van der Waals surface area contributed by atoms with Gasteiger partial charge in [-0.25, -0.2) is 0 Å². The van der Waals surface area contributed by atoms with Gasteiger partial charge in [-0.3, -0.25) is 0 Å². The van der Waals surface area contributed by atoms with E-state index < -0.39 is 0 Å². The predicted molar refractivity (Wildman–Crippen MR) is 646 cm³/mol. The largest absolute Gasteiger partial charge is 0.453 e. The first kappa shape index (κ1) is 86.2. The van der Waals surface area contributed by atoms with Crippen molar-refractivity contribution in [2.75, 3.05) is 14.7 Å². The SMILES string of the molecule is c1ccc(-c2ccc(N(c3ccc4sc5c6ccccc6ccc5c4c3)c3cccc4c3oc3c5ccccc5ccc43)cc2)cc1.c1ccc(-c2ccc(N(c3cccc4c3sc3c5ccccc5ccc43)c3cccc4c3sc3c5ccccc5ccc43)cc2)cc1.c1ccc2cc(-c3ccc(N(c4cccc5c4oc4c6ccccc6ccc54)c4c5ccccc5cc5c4sc4c6ccccc6ccc54)cc3)ccc2c1. The number of furan rings is 2. The van der Waals surface area contributed by atoms with E-state index in [1.807, 2.05) is 45.3 Å². The van der Waals surface area contributed by atoms with Crippen LogP contribution < -0.4 is 14.7 Å². The number of fused-ring (bicyclic) bond motifs is 32. The molecule has 6 heterocycles. The van der Waals surface area contributed by atoms with Gasteiger partial charge in [0.05, 0.1) is 42.5 Å². The zero-order valence-corrected chi connectivity index (χ0v) is 83.6. The third-order valence-corrected chi connectivity index (χ3v) is 35.3. The molecule has 0 N–H and O–H groups in total. The highest BCUT2D eigenvalue weighted by Gasteiger charge is 2.30. The number of para-hydroxylation sites is 2. The van der Waals surface area contributed by atoms with Gasteiger partial charge in [0.2, 0.25) is 0 Å². The Bertz CT molecular complexity index is 10900. The normalized spacial score (nSPS) is 11.9. The lowest BCUT2D eigenvalue weighted by atomic mass is 9.99. The molecule has 0 saturated heterocycles. The number of benzene rings is 26. The van der Waals surface area contributed by atoms with Crippen LogP contribution in [0.15, 0.2) is 524 Å². The molecule has 5 nitrogen and oxygen atoms in total. The lowest BCUT2D eigenvalue weighted by molar-refractivity contribution is 0.672. The van der Waals surface area contributed by atoms with Crippen LogP contribution in [0.1, 0.15) is 0 Å². The molecule has 0 atom stereocenters. The minimum atomic E-state index is 0.875. The van der Waals surface area contributed by atoms with Crippen LogP contribution in [0.4, 0.5) is 51.2 Å². The van der Waals surface area contributed by atoms with E-state index in [0.29, 0.717) is 0 Å². The van der Waals surface area contributed by atoms with Crippen molar-refractivity contribution in [2.24, 2.45) is 0 Å². The topological polar surface area (TPSA) is 36.0 Å². The molecule has 696 valence electrons. The molecule has 9 heteroatoms. The second-order valence-electron chi connectivity index (χ2n) is 38.7. The maximum Gasteiger partial charge on any atom is 0.159 e. The van der Waals surface area contributed by atoms with Crippen LogP contribution in [0.3, 0.4) is 0 Å². The Morgan fingerprint density at radius 3 is 0.913 bits per heavy atom. The monoisotopic (exact) mass is 1970 g/mol. The molecule has 0 unspecified atom stereocenters. The predicted octanol–water partition coefficient (Wildman–Crippen LogP) is 43.0. The summed E-state index contributed by atoms with van der Waals surface area (Å²) in [7, 11) is 0. The first-order valence-corrected chi connectivity index (χ1v) is 53.9. The van der Waals surface area contributed by atoms with Gasteiger partial charge in [0.15, 0.2) is 11.2 Å². The third kappa shape index (κ3) is 14.4. The number of nitrogens with zero attached hydrogens (tertiary/aromatic N) is 3. The summed E-state index contributed by atoms with van der Waals surface area (Å²) >= 11 is 7.58. The van der Waals surface area contributed by atoms with Crippen molar-refractivity contribution < 1.29 is 8.83 Å². The molecule has 32 rings (SSSR count). The Kier molecular flexibility index (Phi) is 20.4. The van der Waals surface area contributed by atoms with Crippen LogP contribution in [-0.2, 0) is 0 Å². The highest BCUT2D eigenvalue weighted by Crippen LogP contribution is 2.57. The van der Waals surface area contributed by atoms with Gasteiger partial charge >= 0.3 is 0 Å². The Labute approximate surface area is 872 Å². The maximum absolute atomic E-state index is 7.06. The Morgan fingerprint density at radius 2 is 0.436 bits per heavy atom. The molecule has 149 heavy (non-hydrogen) atoms. The summed E-state index contributed by atoms with van der Waals surface area (Å²) in [5, 5.41) is 34.6. The standard InChI is InChI=1S/C52H31NOS.C44H27NOS.C44H27NS2/c1-2-13-36-30-37(21-20-32(36)10-1)33-22-26-39(27-23-33)53(47-19-9-18-43-44-28-24-34-11-3-7-16-41(34)49(44)54-50(43)47)48-40-15-6-5-14-38(40)31-46-45-29-25-35-12-4-8-17-42(35)51(45)55-52(46)48;1-2-9-28(10-3-1)29-17-21-32(22-18-29)45(33-23-26-41-39(27-33)38-25-20-31-12-5-7-14-35(31)44(38)47-41)40-16-8-15-36-37-24-19-30-11-4-6-13-34(30)42(37)46-43(36)40;1-2-10-28(11-3-1)29-20-24-32(25-21-29)45(39-18-8-16-35-37-26-22-30-12-4-6-14-33(30)41(37)46-43(35)39)40-19-9-17-36-38-27-23-31-13-5-7-15-34(31)42(38)47-44(36)40/h1-31H;2*1-27H. The first-order valence-electron chi connectivity index (χ1n) is 50.6. The molecule has 0 radical (unpaired) electrons. The molecule has 0 aliphatic carbocycles. The quantitative estimate of drug-likeness (QED) is 0.122. The zero-order valence-electron chi connectivity index (χ0n) is 80.4. The minimum absolute atomic E-state index is 0.875. The van der Waals surface area contributed by atoms with Gasteiger partial charge in [-0.2, -0.15) is 0 Å². The molecule has 0 saturated carbocycles. The molecule has 6 aromatic heterocycles. The highest BCUT2D eigenvalue weighted by molar-refractivity contribution is 7.28. The van der Waals surface area contributed by atoms with Crippen molar-refractivity contribution in [3.05, 3.63) is 516 Å². The van der Waals surface area contributed by atoms with E-state index in [2.05, 4.69) is 530 Å². The third-order valence-electron chi connectivity index (χ3n) is 30.3. The highest BCUT2D eigenvalue weighted by atomic mass is 32.1. The van der Waals surface area contributed by atoms with Crippen molar-refractivity contribution in [3.8, 4) is 33.4 Å². The zero-order chi connectivity index (χ0) is 97.8. The molecule has 0 aliphatic heterocycles. The summed E-state index contributed by atoms with van der Waals surface area (Å²) in [6.07, 6.45) is 0. The van der Waals surface area contributed by atoms with Crippen molar-refractivity contribution >= 4 is 307 Å². The van der Waals surface area contributed by atoms with E-state index in [0.717, 1.165) is 94.5 Å². The second kappa shape index (κ2) is 35.3. The summed E-state index contributed by atoms with van der Waals surface area (Å²) in [5.74, 6) is 0. The van der Waals surface area contributed by atoms with Crippen LogP contribution in [0.25, 0.3) is 244 Å².